The molecule has 0 saturated carbocycles. The molecule has 1 aliphatic rings. The van der Waals surface area contributed by atoms with E-state index in [0.717, 1.165) is 6.42 Å². The minimum atomic E-state index is -5.14. The number of nitrogens with zero attached hydrogens (tertiary/aromatic N) is 1. The van der Waals surface area contributed by atoms with Crippen molar-refractivity contribution < 1.29 is 42.1 Å². The Bertz CT molecular complexity index is 534. The van der Waals surface area contributed by atoms with Gasteiger partial charge in [-0.2, -0.15) is 13.2 Å². The van der Waals surface area contributed by atoms with Gasteiger partial charge in [-0.1, -0.05) is 0 Å². The number of hydrogen-bond donors (Lipinski definition) is 1. The number of ether oxygens (including phenoxy) is 3. The molecule has 10 heteroatoms. The second-order valence-corrected chi connectivity index (χ2v) is 7.73. The van der Waals surface area contributed by atoms with Gasteiger partial charge in [0.25, 0.3) is 5.60 Å². The first kappa shape index (κ1) is 24.5. The number of likely N-dealkylation sites (tertiary alicyclic amines) is 1. The van der Waals surface area contributed by atoms with Gasteiger partial charge in [0, 0.05) is 13.2 Å². The highest BCUT2D eigenvalue weighted by atomic mass is 19.4. The molecule has 0 aromatic carbocycles. The van der Waals surface area contributed by atoms with E-state index in [1.807, 2.05) is 0 Å². The molecule has 1 N–H and O–H groups in total. The van der Waals surface area contributed by atoms with Gasteiger partial charge in [0.15, 0.2) is 0 Å². The number of esters is 1. The smallest absolute Gasteiger partial charge is 0.428 e. The molecule has 1 heterocycles. The van der Waals surface area contributed by atoms with Crippen LogP contribution >= 0.6 is 0 Å². The molecule has 1 rings (SSSR count). The maximum absolute atomic E-state index is 13.1. The lowest BCUT2D eigenvalue weighted by Gasteiger charge is -2.29. The van der Waals surface area contributed by atoms with Crippen LogP contribution in [0.25, 0.3) is 0 Å². The minimum absolute atomic E-state index is 0.101. The zero-order chi connectivity index (χ0) is 21.6. The standard InChI is InChI=1S/C18H30F3NO6/c1-5-27-14(23)17(25,18(19,20)21)9-7-11-26-12-13-8-6-10-22(13)15(24)28-16(2,3)4/h13,25H,5-12H2,1-4H3/t13-,17?/m0/s1. The average Bonchev–Trinajstić information content (AvgIpc) is 3.00. The number of carbonyl (C=O) groups is 2. The van der Waals surface area contributed by atoms with Crippen molar-refractivity contribution in [2.24, 2.45) is 0 Å². The van der Waals surface area contributed by atoms with Gasteiger partial charge in [0.1, 0.15) is 5.60 Å². The predicted octanol–water partition coefficient (Wildman–Crippen LogP) is 3.04. The fourth-order valence-corrected chi connectivity index (χ4v) is 2.83. The van der Waals surface area contributed by atoms with E-state index in [1.54, 1.807) is 25.7 Å². The maximum atomic E-state index is 13.1. The Balaban J connectivity index is 2.48. The molecule has 1 amide bonds. The molecule has 0 aromatic heterocycles. The zero-order valence-corrected chi connectivity index (χ0v) is 16.8. The Morgan fingerprint density at radius 1 is 1.21 bits per heavy atom. The van der Waals surface area contributed by atoms with Gasteiger partial charge in [-0.15, -0.1) is 0 Å². The van der Waals surface area contributed by atoms with Crippen molar-refractivity contribution in [2.45, 2.75) is 76.8 Å². The summed E-state index contributed by atoms with van der Waals surface area (Å²) in [7, 11) is 0. The van der Waals surface area contributed by atoms with Gasteiger partial charge >= 0.3 is 18.2 Å². The molecule has 7 nitrogen and oxygen atoms in total. The average molecular weight is 413 g/mol. The van der Waals surface area contributed by atoms with Gasteiger partial charge in [-0.3, -0.25) is 0 Å². The fraction of sp³-hybridized carbons (Fsp3) is 0.889. The summed E-state index contributed by atoms with van der Waals surface area (Å²) in [6.07, 6.45) is -5.17. The third kappa shape index (κ3) is 6.80. The summed E-state index contributed by atoms with van der Waals surface area (Å²) >= 11 is 0. The molecule has 1 fully saturated rings. The number of alkyl halides is 3. The number of halogens is 3. The van der Waals surface area contributed by atoms with Crippen LogP contribution in [0.15, 0.2) is 0 Å². The van der Waals surface area contributed by atoms with E-state index in [1.165, 1.54) is 6.92 Å². The summed E-state index contributed by atoms with van der Waals surface area (Å²) in [5.74, 6) is -1.71. The van der Waals surface area contributed by atoms with E-state index in [9.17, 15) is 27.9 Å². The fourth-order valence-electron chi connectivity index (χ4n) is 2.83. The highest BCUT2D eigenvalue weighted by molar-refractivity contribution is 5.80. The van der Waals surface area contributed by atoms with Crippen molar-refractivity contribution in [3.63, 3.8) is 0 Å². The molecule has 0 spiro atoms. The highest BCUT2D eigenvalue weighted by Crippen LogP contribution is 2.35. The lowest BCUT2D eigenvalue weighted by Crippen LogP contribution is -2.53. The lowest BCUT2D eigenvalue weighted by atomic mass is 9.97. The maximum Gasteiger partial charge on any atom is 0.428 e. The molecule has 0 aliphatic carbocycles. The SMILES string of the molecule is CCOC(=O)C(O)(CCCOC[C@@H]1CCCN1C(=O)OC(C)(C)C)C(F)(F)F. The van der Waals surface area contributed by atoms with E-state index >= 15 is 0 Å². The summed E-state index contributed by atoms with van der Waals surface area (Å²) < 4.78 is 54.2. The quantitative estimate of drug-likeness (QED) is 0.486. The Kier molecular flexibility index (Phi) is 8.55. The van der Waals surface area contributed by atoms with Crippen LogP contribution in [0.4, 0.5) is 18.0 Å². The Morgan fingerprint density at radius 3 is 2.39 bits per heavy atom. The largest absolute Gasteiger partial charge is 0.464 e. The summed E-state index contributed by atoms with van der Waals surface area (Å²) in [6, 6.07) is -0.221. The number of amides is 1. The topological polar surface area (TPSA) is 85.3 Å². The first-order chi connectivity index (χ1) is 12.8. The number of aliphatic hydroxyl groups is 1. The van der Waals surface area contributed by atoms with Crippen molar-refractivity contribution in [3.05, 3.63) is 0 Å². The second kappa shape index (κ2) is 9.78. The molecule has 0 aromatic rings. The van der Waals surface area contributed by atoms with Crippen LogP contribution in [-0.4, -0.2) is 71.9 Å². The van der Waals surface area contributed by atoms with Crippen molar-refractivity contribution in [2.75, 3.05) is 26.4 Å². The normalized spacial score (nSPS) is 20.0. The summed E-state index contributed by atoms with van der Waals surface area (Å²) in [5, 5.41) is 9.76. The van der Waals surface area contributed by atoms with Crippen molar-refractivity contribution in [1.29, 1.82) is 0 Å². The third-order valence-corrected chi connectivity index (χ3v) is 4.22. The van der Waals surface area contributed by atoms with Crippen LogP contribution < -0.4 is 0 Å². The minimum Gasteiger partial charge on any atom is -0.464 e. The van der Waals surface area contributed by atoms with E-state index in [-0.39, 0.29) is 32.3 Å². The Morgan fingerprint density at radius 2 is 1.86 bits per heavy atom. The summed E-state index contributed by atoms with van der Waals surface area (Å²) in [5.41, 5.74) is -4.18. The van der Waals surface area contributed by atoms with Crippen LogP contribution in [0.1, 0.15) is 53.4 Å². The third-order valence-electron chi connectivity index (χ3n) is 4.22. The van der Waals surface area contributed by atoms with Crippen molar-refractivity contribution >= 4 is 12.1 Å². The van der Waals surface area contributed by atoms with Gasteiger partial charge < -0.3 is 24.2 Å². The van der Waals surface area contributed by atoms with Crippen LogP contribution in [-0.2, 0) is 19.0 Å². The molecule has 164 valence electrons. The van der Waals surface area contributed by atoms with E-state index in [2.05, 4.69) is 4.74 Å². The molecular weight excluding hydrogens is 383 g/mol. The highest BCUT2D eigenvalue weighted by Gasteiger charge is 2.60. The van der Waals surface area contributed by atoms with E-state index in [4.69, 9.17) is 9.47 Å². The van der Waals surface area contributed by atoms with Gasteiger partial charge in [-0.05, 0) is 53.4 Å². The molecular formula is C18H30F3NO6. The predicted molar refractivity (Wildman–Crippen MR) is 93.7 cm³/mol. The van der Waals surface area contributed by atoms with Gasteiger partial charge in [-0.25, -0.2) is 9.59 Å². The van der Waals surface area contributed by atoms with E-state index < -0.39 is 35.9 Å². The number of carbonyl (C=O) groups excluding carboxylic acids is 2. The van der Waals surface area contributed by atoms with Crippen LogP contribution in [0.2, 0.25) is 0 Å². The van der Waals surface area contributed by atoms with Crippen LogP contribution in [0.3, 0.4) is 0 Å². The molecule has 1 saturated heterocycles. The Hall–Kier alpha value is -1.55. The molecule has 2 atom stereocenters. The zero-order valence-electron chi connectivity index (χ0n) is 16.8. The molecule has 1 aliphatic heterocycles. The number of rotatable bonds is 8. The van der Waals surface area contributed by atoms with Crippen molar-refractivity contribution in [3.8, 4) is 0 Å². The summed E-state index contributed by atoms with van der Waals surface area (Å²) in [4.78, 5) is 25.3. The van der Waals surface area contributed by atoms with Crippen LogP contribution in [0.5, 0.6) is 0 Å². The van der Waals surface area contributed by atoms with E-state index in [0.29, 0.717) is 13.0 Å². The van der Waals surface area contributed by atoms with Gasteiger partial charge in [0.05, 0.1) is 19.3 Å². The second-order valence-electron chi connectivity index (χ2n) is 7.73. The van der Waals surface area contributed by atoms with Crippen LogP contribution in [0, 0.1) is 0 Å². The first-order valence-electron chi connectivity index (χ1n) is 9.35. The molecule has 0 bridgehead atoms. The monoisotopic (exact) mass is 413 g/mol. The van der Waals surface area contributed by atoms with Crippen molar-refractivity contribution in [1.82, 2.24) is 4.90 Å². The molecule has 28 heavy (non-hydrogen) atoms. The Labute approximate surface area is 163 Å². The lowest BCUT2D eigenvalue weighted by molar-refractivity contribution is -0.265. The first-order valence-corrected chi connectivity index (χ1v) is 9.35. The molecule has 0 radical (unpaired) electrons. The van der Waals surface area contributed by atoms with Gasteiger partial charge in [0.2, 0.25) is 0 Å². The molecule has 1 unspecified atom stereocenters. The number of hydrogen-bond acceptors (Lipinski definition) is 6. The summed E-state index contributed by atoms with van der Waals surface area (Å²) in [6.45, 7) is 6.94.